The summed E-state index contributed by atoms with van der Waals surface area (Å²) in [4.78, 5) is 12.5. The van der Waals surface area contributed by atoms with Crippen LogP contribution in [0.3, 0.4) is 0 Å². The summed E-state index contributed by atoms with van der Waals surface area (Å²) < 4.78 is 21.7. The van der Waals surface area contributed by atoms with Gasteiger partial charge in [0.05, 0.1) is 43.7 Å². The first kappa shape index (κ1) is 40.7. The van der Waals surface area contributed by atoms with E-state index in [9.17, 15) is 0 Å². The van der Waals surface area contributed by atoms with Crippen LogP contribution in [0.5, 0.6) is 17.4 Å². The lowest BCUT2D eigenvalue weighted by molar-refractivity contribution is -0.142. The van der Waals surface area contributed by atoms with Crippen molar-refractivity contribution in [1.82, 2.24) is 9.97 Å². The van der Waals surface area contributed by atoms with Gasteiger partial charge in [-0.2, -0.15) is 0 Å². The Bertz CT molecular complexity index is 2000. The molecular formula is C41H45ClN6O6. The van der Waals surface area contributed by atoms with Gasteiger partial charge in [-0.05, 0) is 92.7 Å². The number of methoxy groups -OCH3 is 2. The minimum atomic E-state index is -0.436. The fourth-order valence-corrected chi connectivity index (χ4v) is 5.07. The number of hydrogen-bond acceptors (Lipinski definition) is 12. The van der Waals surface area contributed by atoms with Gasteiger partial charge >= 0.3 is 0 Å². The minimum Gasteiger partial charge on any atom is -0.497 e. The van der Waals surface area contributed by atoms with Crippen molar-refractivity contribution < 1.29 is 29.1 Å². The molecule has 12 nitrogen and oxygen atoms in total. The van der Waals surface area contributed by atoms with Gasteiger partial charge in [0, 0.05) is 65.5 Å². The molecule has 0 saturated heterocycles. The van der Waals surface area contributed by atoms with Crippen LogP contribution >= 0.6 is 12.4 Å². The number of halogens is 1. The van der Waals surface area contributed by atoms with Crippen LogP contribution in [-0.4, -0.2) is 42.7 Å². The molecule has 5 N–H and O–H groups in total. The van der Waals surface area contributed by atoms with Crippen molar-refractivity contribution >= 4 is 57.9 Å². The molecule has 6 rings (SSSR count). The Morgan fingerprint density at radius 2 is 0.926 bits per heavy atom. The standard InChI is InChI=1S/C23H27N3O3.C18H17N3O3.ClH/c1-4-28-23(29-5-2)22-13-12-20(16-24-22)26-18-9-6-8-17(14-18)25-19-10-7-11-21(15-19)27-3;1-23-17-7-3-6-15(11-17)20-13-4-2-5-14(10-13)21-16-8-9-18(24-22)19-12-16;/h6-16,23,25-26H,4-5H2,1-3H3;2-12,20-22H,1H3;1H. The SMILES string of the molecule is CCOC(OCC)c1ccc(Nc2cccc(Nc3cccc(OC)c3)c2)cn1.COc1cccc(Nc2cccc(Nc3ccc(OO)nc3)c2)c1.Cl. The molecular weight excluding hydrogens is 708 g/mol. The van der Waals surface area contributed by atoms with Gasteiger partial charge in [0.2, 0.25) is 6.29 Å². The van der Waals surface area contributed by atoms with Crippen molar-refractivity contribution in [2.45, 2.75) is 20.1 Å². The largest absolute Gasteiger partial charge is 0.497 e. The van der Waals surface area contributed by atoms with E-state index in [-0.39, 0.29) is 18.3 Å². The van der Waals surface area contributed by atoms with Crippen LogP contribution in [0.2, 0.25) is 0 Å². The highest BCUT2D eigenvalue weighted by Crippen LogP contribution is 2.27. The predicted octanol–water partition coefficient (Wildman–Crippen LogP) is 10.5. The summed E-state index contributed by atoms with van der Waals surface area (Å²) in [5.74, 6) is 1.76. The average molecular weight is 753 g/mol. The van der Waals surface area contributed by atoms with E-state index in [1.54, 1.807) is 38.7 Å². The maximum Gasteiger partial charge on any atom is 0.256 e. The second-order valence-electron chi connectivity index (χ2n) is 11.3. The molecule has 0 saturated carbocycles. The van der Waals surface area contributed by atoms with E-state index in [1.807, 2.05) is 123 Å². The van der Waals surface area contributed by atoms with Crippen molar-refractivity contribution in [3.63, 3.8) is 0 Å². The second-order valence-corrected chi connectivity index (χ2v) is 11.3. The number of rotatable bonds is 16. The van der Waals surface area contributed by atoms with E-state index in [1.165, 1.54) is 0 Å². The number of aromatic nitrogens is 2. The lowest BCUT2D eigenvalue weighted by atomic mass is 10.2. The summed E-state index contributed by atoms with van der Waals surface area (Å²) in [7, 11) is 3.30. The van der Waals surface area contributed by atoms with Crippen molar-refractivity contribution in [2.24, 2.45) is 0 Å². The maximum absolute atomic E-state index is 8.53. The van der Waals surface area contributed by atoms with E-state index in [0.29, 0.717) is 13.2 Å². The predicted molar refractivity (Wildman–Crippen MR) is 217 cm³/mol. The molecule has 0 atom stereocenters. The number of nitrogens with one attached hydrogen (secondary N) is 4. The van der Waals surface area contributed by atoms with Crippen LogP contribution in [0.1, 0.15) is 25.8 Å². The molecule has 0 spiro atoms. The number of pyridine rings is 2. The summed E-state index contributed by atoms with van der Waals surface area (Å²) in [6.07, 6.45) is 2.92. The van der Waals surface area contributed by atoms with Crippen LogP contribution in [0, 0.1) is 0 Å². The topological polar surface area (TPSA) is 140 Å². The van der Waals surface area contributed by atoms with Gasteiger partial charge in [-0.15, -0.1) is 12.4 Å². The van der Waals surface area contributed by atoms with E-state index < -0.39 is 6.29 Å². The first-order chi connectivity index (χ1) is 26.0. The molecule has 0 aliphatic rings. The van der Waals surface area contributed by atoms with Gasteiger partial charge in [-0.25, -0.2) is 10.2 Å². The third-order valence-corrected chi connectivity index (χ3v) is 7.51. The van der Waals surface area contributed by atoms with Crippen molar-refractivity contribution in [3.05, 3.63) is 139 Å². The zero-order valence-electron chi connectivity index (χ0n) is 30.5. The van der Waals surface area contributed by atoms with E-state index in [4.69, 9.17) is 24.2 Å². The van der Waals surface area contributed by atoms with Crippen molar-refractivity contribution in [3.8, 4) is 17.4 Å². The first-order valence-corrected chi connectivity index (χ1v) is 17.0. The molecule has 0 aliphatic carbocycles. The zero-order valence-corrected chi connectivity index (χ0v) is 31.3. The molecule has 2 aromatic heterocycles. The Hall–Kier alpha value is -6.05. The monoisotopic (exact) mass is 752 g/mol. The smallest absolute Gasteiger partial charge is 0.256 e. The highest BCUT2D eigenvalue weighted by atomic mass is 35.5. The molecule has 0 fully saturated rings. The van der Waals surface area contributed by atoms with Gasteiger partial charge in [-0.3, -0.25) is 4.98 Å². The number of nitrogens with zero attached hydrogens (tertiary/aromatic N) is 2. The molecule has 0 unspecified atom stereocenters. The Morgan fingerprint density at radius 1 is 0.519 bits per heavy atom. The fraction of sp³-hybridized carbons (Fsp3) is 0.171. The summed E-state index contributed by atoms with van der Waals surface area (Å²) in [6, 6.07) is 38.7. The molecule has 0 amide bonds. The van der Waals surface area contributed by atoms with Crippen LogP contribution in [0.25, 0.3) is 0 Å². The van der Waals surface area contributed by atoms with E-state index in [2.05, 4.69) is 36.1 Å². The molecule has 13 heteroatoms. The average Bonchev–Trinajstić information content (AvgIpc) is 3.19. The van der Waals surface area contributed by atoms with Crippen LogP contribution in [-0.2, 0) is 9.47 Å². The zero-order chi connectivity index (χ0) is 37.3. The highest BCUT2D eigenvalue weighted by molar-refractivity contribution is 5.85. The van der Waals surface area contributed by atoms with Crippen LogP contribution in [0.15, 0.2) is 134 Å². The Kier molecular flexibility index (Phi) is 16.2. The second kappa shape index (κ2) is 21.5. The number of hydrogen-bond donors (Lipinski definition) is 5. The fourth-order valence-electron chi connectivity index (χ4n) is 5.07. The Labute approximate surface area is 321 Å². The van der Waals surface area contributed by atoms with E-state index >= 15 is 0 Å². The van der Waals surface area contributed by atoms with E-state index in [0.717, 1.165) is 62.7 Å². The van der Waals surface area contributed by atoms with Crippen LogP contribution < -0.4 is 35.6 Å². The van der Waals surface area contributed by atoms with Gasteiger partial charge in [0.1, 0.15) is 11.5 Å². The maximum atomic E-state index is 8.53. The summed E-state index contributed by atoms with van der Waals surface area (Å²) in [5.41, 5.74) is 8.11. The quantitative estimate of drug-likeness (QED) is 0.0365. The van der Waals surface area contributed by atoms with Crippen molar-refractivity contribution in [1.29, 1.82) is 0 Å². The molecule has 2 heterocycles. The minimum absolute atomic E-state index is 0. The molecule has 54 heavy (non-hydrogen) atoms. The molecule has 0 bridgehead atoms. The third-order valence-electron chi connectivity index (χ3n) is 7.51. The summed E-state index contributed by atoms with van der Waals surface area (Å²) in [6.45, 7) is 5.02. The highest BCUT2D eigenvalue weighted by Gasteiger charge is 2.12. The summed E-state index contributed by atoms with van der Waals surface area (Å²) in [5, 5.41) is 21.9. The summed E-state index contributed by atoms with van der Waals surface area (Å²) >= 11 is 0. The van der Waals surface area contributed by atoms with Gasteiger partial charge < -0.3 is 45.1 Å². The molecule has 0 aliphatic heterocycles. The Morgan fingerprint density at radius 3 is 1.30 bits per heavy atom. The first-order valence-electron chi connectivity index (χ1n) is 17.0. The lowest BCUT2D eigenvalue weighted by Crippen LogP contribution is -2.10. The third kappa shape index (κ3) is 12.6. The van der Waals surface area contributed by atoms with Gasteiger partial charge in [-0.1, -0.05) is 24.3 Å². The molecule has 0 radical (unpaired) electrons. The normalized spacial score (nSPS) is 10.3. The van der Waals surface area contributed by atoms with Gasteiger partial charge in [0.25, 0.3) is 5.88 Å². The van der Waals surface area contributed by atoms with Crippen LogP contribution in [0.4, 0.5) is 45.5 Å². The van der Waals surface area contributed by atoms with Gasteiger partial charge in [0.15, 0.2) is 0 Å². The van der Waals surface area contributed by atoms with Crippen molar-refractivity contribution in [2.75, 3.05) is 48.7 Å². The Balaban J connectivity index is 0.000000240. The number of anilines is 8. The number of ether oxygens (including phenoxy) is 4. The molecule has 4 aromatic carbocycles. The number of benzene rings is 4. The lowest BCUT2D eigenvalue weighted by Gasteiger charge is -2.16. The molecule has 282 valence electrons. The molecule has 6 aromatic rings.